The lowest BCUT2D eigenvalue weighted by Gasteiger charge is -2.25. The van der Waals surface area contributed by atoms with Crippen LogP contribution in [0.25, 0.3) is 0 Å². The van der Waals surface area contributed by atoms with E-state index in [2.05, 4.69) is 17.2 Å². The van der Waals surface area contributed by atoms with Gasteiger partial charge in [-0.1, -0.05) is 30.3 Å². The van der Waals surface area contributed by atoms with E-state index in [1.165, 1.54) is 5.56 Å². The Hall–Kier alpha value is -1.75. The van der Waals surface area contributed by atoms with Crippen LogP contribution in [0.5, 0.6) is 0 Å². The van der Waals surface area contributed by atoms with E-state index in [-0.39, 0.29) is 5.91 Å². The van der Waals surface area contributed by atoms with E-state index in [0.717, 1.165) is 24.6 Å². The number of carbonyl (C=O) groups is 1. The van der Waals surface area contributed by atoms with E-state index in [9.17, 15) is 4.79 Å². The van der Waals surface area contributed by atoms with Gasteiger partial charge < -0.3 is 4.90 Å². The van der Waals surface area contributed by atoms with Gasteiger partial charge in [-0.05, 0) is 5.56 Å². The van der Waals surface area contributed by atoms with Gasteiger partial charge in [0.05, 0.1) is 18.3 Å². The Morgan fingerprint density at radius 1 is 1.20 bits per heavy atom. The van der Waals surface area contributed by atoms with Crippen molar-refractivity contribution in [3.05, 3.63) is 53.9 Å². The van der Waals surface area contributed by atoms with Gasteiger partial charge >= 0.3 is 0 Å². The molecule has 1 amide bonds. The highest BCUT2D eigenvalue weighted by Gasteiger charge is 2.19. The molecule has 4 nitrogen and oxygen atoms in total. The molecule has 2 heterocycles. The molecule has 0 spiro atoms. The van der Waals surface area contributed by atoms with Crippen molar-refractivity contribution in [1.82, 2.24) is 14.7 Å². The summed E-state index contributed by atoms with van der Waals surface area (Å²) in [6.45, 7) is 2.38. The number of nitrogens with zero attached hydrogens (tertiary/aromatic N) is 3. The quantitative estimate of drug-likeness (QED) is 0.868. The summed E-state index contributed by atoms with van der Waals surface area (Å²) >= 11 is 1.90. The third-order valence-electron chi connectivity index (χ3n) is 3.37. The van der Waals surface area contributed by atoms with Crippen LogP contribution in [0.15, 0.2) is 42.7 Å². The molecule has 20 heavy (non-hydrogen) atoms. The molecular weight excluding hydrogens is 270 g/mol. The number of amides is 1. The second kappa shape index (κ2) is 6.13. The molecule has 1 aromatic carbocycles. The average Bonchev–Trinajstić information content (AvgIpc) is 2.97. The molecule has 1 aromatic heterocycles. The van der Waals surface area contributed by atoms with E-state index in [0.29, 0.717) is 12.1 Å². The second-order valence-electron chi connectivity index (χ2n) is 4.82. The summed E-state index contributed by atoms with van der Waals surface area (Å²) in [6, 6.07) is 10.1. The zero-order valence-electron chi connectivity index (χ0n) is 11.2. The van der Waals surface area contributed by atoms with Gasteiger partial charge in [-0.2, -0.15) is 16.9 Å². The largest absolute Gasteiger partial charge is 0.337 e. The molecule has 1 saturated heterocycles. The van der Waals surface area contributed by atoms with Crippen molar-refractivity contribution in [2.45, 2.75) is 6.54 Å². The van der Waals surface area contributed by atoms with Crippen molar-refractivity contribution >= 4 is 17.7 Å². The summed E-state index contributed by atoms with van der Waals surface area (Å²) in [5.74, 6) is 2.16. The zero-order chi connectivity index (χ0) is 13.8. The average molecular weight is 287 g/mol. The molecule has 0 bridgehead atoms. The van der Waals surface area contributed by atoms with Crippen molar-refractivity contribution in [2.24, 2.45) is 0 Å². The molecule has 0 unspecified atom stereocenters. The summed E-state index contributed by atoms with van der Waals surface area (Å²) in [5.41, 5.74) is 1.87. The van der Waals surface area contributed by atoms with Gasteiger partial charge in [-0.25, -0.2) is 0 Å². The van der Waals surface area contributed by atoms with E-state index < -0.39 is 0 Å². The molecule has 0 radical (unpaired) electrons. The zero-order valence-corrected chi connectivity index (χ0v) is 12.1. The first kappa shape index (κ1) is 13.2. The molecule has 1 aliphatic rings. The molecular formula is C15H17N3OS. The summed E-state index contributed by atoms with van der Waals surface area (Å²) in [5, 5.41) is 4.29. The molecule has 0 atom stereocenters. The second-order valence-corrected chi connectivity index (χ2v) is 6.04. The van der Waals surface area contributed by atoms with Crippen LogP contribution in [0, 0.1) is 0 Å². The minimum atomic E-state index is 0.101. The number of hydrogen-bond acceptors (Lipinski definition) is 3. The molecule has 2 aromatic rings. The Morgan fingerprint density at radius 3 is 2.70 bits per heavy atom. The van der Waals surface area contributed by atoms with Crippen LogP contribution in [0.4, 0.5) is 0 Å². The molecule has 1 aliphatic heterocycles. The van der Waals surface area contributed by atoms with E-state index in [4.69, 9.17) is 0 Å². The predicted molar refractivity (Wildman–Crippen MR) is 81.0 cm³/mol. The highest BCUT2D eigenvalue weighted by Crippen LogP contribution is 2.13. The smallest absolute Gasteiger partial charge is 0.257 e. The number of thioether (sulfide) groups is 1. The van der Waals surface area contributed by atoms with Gasteiger partial charge in [-0.15, -0.1) is 0 Å². The third-order valence-corrected chi connectivity index (χ3v) is 4.31. The number of benzene rings is 1. The van der Waals surface area contributed by atoms with Crippen LogP contribution in [0.2, 0.25) is 0 Å². The maximum absolute atomic E-state index is 12.3. The highest BCUT2D eigenvalue weighted by atomic mass is 32.2. The summed E-state index contributed by atoms with van der Waals surface area (Å²) in [6.07, 6.45) is 3.52. The van der Waals surface area contributed by atoms with Crippen molar-refractivity contribution in [1.29, 1.82) is 0 Å². The fourth-order valence-electron chi connectivity index (χ4n) is 2.28. The molecule has 0 saturated carbocycles. The third kappa shape index (κ3) is 3.04. The SMILES string of the molecule is O=C(c1cnn(Cc2ccccc2)c1)N1CCSCC1. The number of hydrogen-bond donors (Lipinski definition) is 0. The fourth-order valence-corrected chi connectivity index (χ4v) is 3.18. The molecule has 3 rings (SSSR count). The monoisotopic (exact) mass is 287 g/mol. The van der Waals surface area contributed by atoms with Gasteiger partial charge in [0.2, 0.25) is 0 Å². The van der Waals surface area contributed by atoms with Gasteiger partial charge in [0.15, 0.2) is 0 Å². The lowest BCUT2D eigenvalue weighted by molar-refractivity contribution is 0.0772. The first-order valence-corrected chi connectivity index (χ1v) is 7.92. The van der Waals surface area contributed by atoms with Crippen LogP contribution in [-0.4, -0.2) is 45.2 Å². The van der Waals surface area contributed by atoms with Crippen molar-refractivity contribution in [2.75, 3.05) is 24.6 Å². The number of carbonyl (C=O) groups excluding carboxylic acids is 1. The molecule has 0 N–H and O–H groups in total. The van der Waals surface area contributed by atoms with Gasteiger partial charge in [0.1, 0.15) is 0 Å². The predicted octanol–water partition coefficient (Wildman–Crippen LogP) is 2.12. The summed E-state index contributed by atoms with van der Waals surface area (Å²) < 4.78 is 1.82. The van der Waals surface area contributed by atoms with Crippen LogP contribution in [0.3, 0.4) is 0 Å². The highest BCUT2D eigenvalue weighted by molar-refractivity contribution is 7.99. The molecule has 0 aliphatic carbocycles. The first-order valence-electron chi connectivity index (χ1n) is 6.76. The fraction of sp³-hybridized carbons (Fsp3) is 0.333. The Morgan fingerprint density at radius 2 is 1.95 bits per heavy atom. The van der Waals surface area contributed by atoms with Crippen molar-refractivity contribution in [3.8, 4) is 0 Å². The van der Waals surface area contributed by atoms with Crippen molar-refractivity contribution < 1.29 is 4.79 Å². The minimum Gasteiger partial charge on any atom is -0.337 e. The van der Waals surface area contributed by atoms with Crippen LogP contribution in [-0.2, 0) is 6.54 Å². The normalized spacial score (nSPS) is 15.3. The van der Waals surface area contributed by atoms with Crippen LogP contribution >= 0.6 is 11.8 Å². The lowest BCUT2D eigenvalue weighted by Crippen LogP contribution is -2.37. The van der Waals surface area contributed by atoms with Gasteiger partial charge in [-0.3, -0.25) is 9.48 Å². The van der Waals surface area contributed by atoms with Crippen molar-refractivity contribution in [3.63, 3.8) is 0 Å². The van der Waals surface area contributed by atoms with E-state index in [1.807, 2.05) is 45.7 Å². The minimum absolute atomic E-state index is 0.101. The Labute approximate surface area is 122 Å². The van der Waals surface area contributed by atoms with Gasteiger partial charge in [0, 0.05) is 30.8 Å². The topological polar surface area (TPSA) is 38.1 Å². The van der Waals surface area contributed by atoms with Crippen LogP contribution < -0.4 is 0 Å². The van der Waals surface area contributed by atoms with E-state index in [1.54, 1.807) is 6.20 Å². The standard InChI is InChI=1S/C15H17N3OS/c19-15(17-6-8-20-9-7-17)14-10-16-18(12-14)11-13-4-2-1-3-5-13/h1-5,10,12H,6-9,11H2. The molecule has 5 heteroatoms. The maximum atomic E-state index is 12.3. The lowest BCUT2D eigenvalue weighted by atomic mass is 10.2. The molecule has 1 fully saturated rings. The summed E-state index contributed by atoms with van der Waals surface area (Å²) in [7, 11) is 0. The molecule has 104 valence electrons. The first-order chi connectivity index (χ1) is 9.83. The maximum Gasteiger partial charge on any atom is 0.257 e. The van der Waals surface area contributed by atoms with E-state index >= 15 is 0 Å². The van der Waals surface area contributed by atoms with Crippen LogP contribution in [0.1, 0.15) is 15.9 Å². The Kier molecular flexibility index (Phi) is 4.06. The Balaban J connectivity index is 1.68. The summed E-state index contributed by atoms with van der Waals surface area (Å²) in [4.78, 5) is 14.2. The van der Waals surface area contributed by atoms with Gasteiger partial charge in [0.25, 0.3) is 5.91 Å². The Bertz CT molecular complexity index is 576. The number of aromatic nitrogens is 2. The number of rotatable bonds is 3.